The summed E-state index contributed by atoms with van der Waals surface area (Å²) in [5, 5.41) is 0.812. The zero-order valence-electron chi connectivity index (χ0n) is 11.9. The van der Waals surface area contributed by atoms with Crippen molar-refractivity contribution in [1.29, 1.82) is 0 Å². The van der Waals surface area contributed by atoms with Gasteiger partial charge in [0.05, 0.1) is 0 Å². The number of hydrogen-bond acceptors (Lipinski definition) is 2. The summed E-state index contributed by atoms with van der Waals surface area (Å²) >= 11 is 6.07. The minimum absolute atomic E-state index is 0. The fourth-order valence-electron chi connectivity index (χ4n) is 2.72. The highest BCUT2D eigenvalue weighted by molar-refractivity contribution is 6.30. The fraction of sp³-hybridized carbons (Fsp3) is 0.600. The second-order valence-corrected chi connectivity index (χ2v) is 6.52. The second-order valence-electron chi connectivity index (χ2n) is 6.09. The van der Waals surface area contributed by atoms with Crippen molar-refractivity contribution in [2.24, 2.45) is 11.1 Å². The summed E-state index contributed by atoms with van der Waals surface area (Å²) in [6, 6.07) is 8.87. The second kappa shape index (κ2) is 6.45. The Labute approximate surface area is 127 Å². The molecule has 0 spiro atoms. The highest BCUT2D eigenvalue weighted by Gasteiger charge is 2.35. The van der Waals surface area contributed by atoms with Crippen LogP contribution in [0, 0.1) is 5.41 Å². The summed E-state index contributed by atoms with van der Waals surface area (Å²) in [5.41, 5.74) is 7.66. The van der Waals surface area contributed by atoms with Crippen molar-refractivity contribution in [3.05, 3.63) is 34.9 Å². The van der Waals surface area contributed by atoms with Gasteiger partial charge in [0.15, 0.2) is 0 Å². The number of nitrogens with zero attached hydrogens (tertiary/aromatic N) is 1. The molecule has 1 saturated heterocycles. The maximum Gasteiger partial charge on any atom is 0.0409 e. The van der Waals surface area contributed by atoms with Crippen molar-refractivity contribution in [3.8, 4) is 0 Å². The molecule has 2 unspecified atom stereocenters. The van der Waals surface area contributed by atoms with Gasteiger partial charge in [-0.3, -0.25) is 4.90 Å². The van der Waals surface area contributed by atoms with Crippen LogP contribution in [0.5, 0.6) is 0 Å². The van der Waals surface area contributed by atoms with Gasteiger partial charge >= 0.3 is 0 Å². The molecule has 19 heavy (non-hydrogen) atoms. The Bertz CT molecular complexity index is 420. The first-order valence-corrected chi connectivity index (χ1v) is 7.03. The normalized spacial score (nSPS) is 24.6. The van der Waals surface area contributed by atoms with Gasteiger partial charge in [0.1, 0.15) is 0 Å². The highest BCUT2D eigenvalue weighted by Crippen LogP contribution is 2.33. The molecule has 0 bridgehead atoms. The molecule has 4 heteroatoms. The van der Waals surface area contributed by atoms with Crippen molar-refractivity contribution in [2.45, 2.75) is 39.3 Å². The third kappa shape index (κ3) is 3.85. The lowest BCUT2D eigenvalue weighted by atomic mass is 9.79. The molecule has 1 aromatic carbocycles. The Morgan fingerprint density at radius 1 is 1.42 bits per heavy atom. The van der Waals surface area contributed by atoms with Crippen molar-refractivity contribution < 1.29 is 0 Å². The molecule has 1 aliphatic heterocycles. The number of nitrogens with two attached hydrogens (primary N) is 1. The molecule has 2 nitrogen and oxygen atoms in total. The number of benzene rings is 1. The van der Waals surface area contributed by atoms with E-state index in [0.717, 1.165) is 24.5 Å². The van der Waals surface area contributed by atoms with Gasteiger partial charge in [-0.2, -0.15) is 0 Å². The van der Waals surface area contributed by atoms with Crippen LogP contribution in [0.1, 0.15) is 38.8 Å². The number of rotatable bonds is 2. The van der Waals surface area contributed by atoms with Gasteiger partial charge in [0.25, 0.3) is 0 Å². The summed E-state index contributed by atoms with van der Waals surface area (Å²) < 4.78 is 0. The van der Waals surface area contributed by atoms with E-state index in [-0.39, 0.29) is 17.8 Å². The molecule has 0 aromatic heterocycles. The van der Waals surface area contributed by atoms with Gasteiger partial charge in [0.2, 0.25) is 0 Å². The maximum atomic E-state index is 6.19. The van der Waals surface area contributed by atoms with Crippen LogP contribution in [0.2, 0.25) is 5.02 Å². The Hall–Kier alpha value is -0.280. The Balaban J connectivity index is 0.00000180. The molecule has 0 aliphatic carbocycles. The van der Waals surface area contributed by atoms with Gasteiger partial charge in [-0.05, 0) is 36.5 Å². The molecule has 2 N–H and O–H groups in total. The smallest absolute Gasteiger partial charge is 0.0409 e. The predicted molar refractivity (Wildman–Crippen MR) is 85.1 cm³/mol. The lowest BCUT2D eigenvalue weighted by molar-refractivity contribution is 0.0664. The first kappa shape index (κ1) is 16.8. The maximum absolute atomic E-state index is 6.19. The molecule has 2 rings (SSSR count). The van der Waals surface area contributed by atoms with E-state index in [9.17, 15) is 0 Å². The Morgan fingerprint density at radius 3 is 2.68 bits per heavy atom. The average molecular weight is 303 g/mol. The molecule has 0 amide bonds. The van der Waals surface area contributed by atoms with E-state index in [2.05, 4.69) is 37.8 Å². The van der Waals surface area contributed by atoms with Crippen molar-refractivity contribution >= 4 is 24.0 Å². The van der Waals surface area contributed by atoms with Gasteiger partial charge in [-0.1, -0.05) is 37.6 Å². The first-order chi connectivity index (χ1) is 8.40. The molecule has 1 aromatic rings. The Kier molecular flexibility index (Phi) is 5.69. The zero-order chi connectivity index (χ0) is 13.3. The van der Waals surface area contributed by atoms with Crippen molar-refractivity contribution in [3.63, 3.8) is 0 Å². The largest absolute Gasteiger partial charge is 0.327 e. The number of piperidine rings is 1. The third-order valence-corrected chi connectivity index (χ3v) is 4.46. The summed E-state index contributed by atoms with van der Waals surface area (Å²) in [5.74, 6) is 0. The fourth-order valence-corrected chi connectivity index (χ4v) is 2.92. The molecular formula is C15H24Cl2N2. The van der Waals surface area contributed by atoms with Crippen LogP contribution in [-0.2, 0) is 0 Å². The van der Waals surface area contributed by atoms with E-state index in [1.165, 1.54) is 5.56 Å². The number of halogens is 2. The SMILES string of the molecule is CC(c1cccc(Cl)c1)N1CCC(N)C(C)(C)C1.Cl. The number of hydrogen-bond donors (Lipinski definition) is 1. The van der Waals surface area contributed by atoms with Gasteiger partial charge in [-0.25, -0.2) is 0 Å². The summed E-state index contributed by atoms with van der Waals surface area (Å²) in [6.45, 7) is 8.88. The third-order valence-electron chi connectivity index (χ3n) is 4.22. The van der Waals surface area contributed by atoms with Crippen LogP contribution in [0.4, 0.5) is 0 Å². The monoisotopic (exact) mass is 302 g/mol. The molecule has 1 fully saturated rings. The van der Waals surface area contributed by atoms with Crippen LogP contribution < -0.4 is 5.73 Å². The van der Waals surface area contributed by atoms with Crippen LogP contribution in [0.25, 0.3) is 0 Å². The average Bonchev–Trinajstić information content (AvgIpc) is 2.31. The van der Waals surface area contributed by atoms with E-state index in [0.29, 0.717) is 12.1 Å². The quantitative estimate of drug-likeness (QED) is 0.898. The van der Waals surface area contributed by atoms with Crippen LogP contribution in [0.15, 0.2) is 24.3 Å². The van der Waals surface area contributed by atoms with E-state index in [4.69, 9.17) is 17.3 Å². The van der Waals surface area contributed by atoms with E-state index >= 15 is 0 Å². The summed E-state index contributed by atoms with van der Waals surface area (Å²) in [4.78, 5) is 2.51. The highest BCUT2D eigenvalue weighted by atomic mass is 35.5. The Morgan fingerprint density at radius 2 is 2.11 bits per heavy atom. The van der Waals surface area contributed by atoms with Crippen molar-refractivity contribution in [2.75, 3.05) is 13.1 Å². The summed E-state index contributed by atoms with van der Waals surface area (Å²) in [6.07, 6.45) is 1.07. The summed E-state index contributed by atoms with van der Waals surface area (Å²) in [7, 11) is 0. The minimum atomic E-state index is 0. The molecule has 0 radical (unpaired) electrons. The van der Waals surface area contributed by atoms with Crippen LogP contribution in [-0.4, -0.2) is 24.0 Å². The molecule has 108 valence electrons. The first-order valence-electron chi connectivity index (χ1n) is 6.65. The lowest BCUT2D eigenvalue weighted by Crippen LogP contribution is -2.52. The van der Waals surface area contributed by atoms with Crippen LogP contribution >= 0.6 is 24.0 Å². The minimum Gasteiger partial charge on any atom is -0.327 e. The standard InChI is InChI=1S/C15H23ClN2.ClH/c1-11(12-5-4-6-13(16)9-12)18-8-7-14(17)15(2,3)10-18;/h4-6,9,11,14H,7-8,10,17H2,1-3H3;1H. The molecule has 1 heterocycles. The van der Waals surface area contributed by atoms with Gasteiger partial charge in [0, 0.05) is 30.2 Å². The van der Waals surface area contributed by atoms with E-state index in [1.54, 1.807) is 0 Å². The van der Waals surface area contributed by atoms with E-state index in [1.807, 2.05) is 12.1 Å². The number of likely N-dealkylation sites (tertiary alicyclic amines) is 1. The predicted octanol–water partition coefficient (Wildman–Crippen LogP) is 3.88. The molecular weight excluding hydrogens is 279 g/mol. The van der Waals surface area contributed by atoms with E-state index < -0.39 is 0 Å². The molecule has 1 aliphatic rings. The van der Waals surface area contributed by atoms with Gasteiger partial charge in [-0.15, -0.1) is 12.4 Å². The molecule has 2 atom stereocenters. The van der Waals surface area contributed by atoms with Crippen molar-refractivity contribution in [1.82, 2.24) is 4.90 Å². The lowest BCUT2D eigenvalue weighted by Gasteiger charge is -2.45. The van der Waals surface area contributed by atoms with Gasteiger partial charge < -0.3 is 5.73 Å². The topological polar surface area (TPSA) is 29.3 Å². The zero-order valence-corrected chi connectivity index (χ0v) is 13.5. The molecule has 0 saturated carbocycles. The van der Waals surface area contributed by atoms with Crippen LogP contribution in [0.3, 0.4) is 0 Å².